The third-order valence-electron chi connectivity index (χ3n) is 7.72. The molecule has 6 rings (SSSR count). The van der Waals surface area contributed by atoms with E-state index in [4.69, 9.17) is 4.74 Å². The van der Waals surface area contributed by atoms with Crippen LogP contribution in [-0.4, -0.2) is 31.7 Å². The van der Waals surface area contributed by atoms with E-state index in [1.165, 1.54) is 4.80 Å². The Morgan fingerprint density at radius 1 is 0.909 bits per heavy atom. The number of aromatic nitrogens is 5. The van der Waals surface area contributed by atoms with Gasteiger partial charge in [0.15, 0.2) is 0 Å². The molecule has 2 aromatic heterocycles. The zero-order chi connectivity index (χ0) is 30.4. The number of anilines is 2. The third-order valence-corrected chi connectivity index (χ3v) is 7.72. The number of pyridine rings is 1. The highest BCUT2D eigenvalue weighted by Crippen LogP contribution is 2.43. The molecule has 0 spiro atoms. The summed E-state index contributed by atoms with van der Waals surface area (Å²) in [5.41, 5.74) is 1.94. The second kappa shape index (κ2) is 12.2. The van der Waals surface area contributed by atoms with E-state index in [-0.39, 0.29) is 36.5 Å². The van der Waals surface area contributed by atoms with Gasteiger partial charge in [-0.25, -0.2) is 0 Å². The number of alkyl halides is 6. The standard InChI is InChI=1S/C29H27F6N7O.ClH/c1-40-38-27(37-39-40)42(15-19-9-22(28(30,31)32)13-23(10-19)29(33,34)35)25-3-2-8-41(14-18-4-6-36-7-5-18)26-12-21-17-43-16-20(21)11-24(25)26;/h4-7,9-13,25H,2-3,8,14-17H2,1H3;1H/t25-;/m0./s1. The molecule has 0 unspecified atom stereocenters. The van der Waals surface area contributed by atoms with Gasteiger partial charge in [0.05, 0.1) is 37.4 Å². The van der Waals surface area contributed by atoms with Crippen molar-refractivity contribution in [3.05, 3.63) is 93.8 Å². The normalized spacial score (nSPS) is 16.6. The molecule has 0 saturated carbocycles. The number of aryl methyl sites for hydroxylation is 1. The number of benzene rings is 2. The van der Waals surface area contributed by atoms with E-state index in [2.05, 4.69) is 31.4 Å². The molecule has 0 saturated heterocycles. The summed E-state index contributed by atoms with van der Waals surface area (Å²) in [4.78, 5) is 9.19. The van der Waals surface area contributed by atoms with Crippen LogP contribution in [0.25, 0.3) is 0 Å². The SMILES string of the molecule is Cl.Cn1nnc(N(Cc2cc(C(F)(F)F)cc(C(F)(F)F)c2)[C@H]2CCCN(Cc3ccncc3)c3cc4c(cc32)COC4)n1. The van der Waals surface area contributed by atoms with E-state index < -0.39 is 29.5 Å². The molecule has 4 aromatic rings. The lowest BCUT2D eigenvalue weighted by Gasteiger charge is -2.33. The fraction of sp³-hybridized carbons (Fsp3) is 0.379. The summed E-state index contributed by atoms with van der Waals surface area (Å²) in [6, 6.07) is 9.13. The quantitative estimate of drug-likeness (QED) is 0.219. The van der Waals surface area contributed by atoms with E-state index in [1.54, 1.807) is 24.3 Å². The lowest BCUT2D eigenvalue weighted by atomic mass is 9.95. The number of rotatable bonds is 6. The minimum absolute atomic E-state index is 0. The molecule has 0 N–H and O–H groups in total. The van der Waals surface area contributed by atoms with E-state index >= 15 is 0 Å². The summed E-state index contributed by atoms with van der Waals surface area (Å²) in [5.74, 6) is 0.101. The Labute approximate surface area is 255 Å². The van der Waals surface area contributed by atoms with Crippen molar-refractivity contribution in [2.24, 2.45) is 7.05 Å². The first kappa shape index (κ1) is 31.5. The van der Waals surface area contributed by atoms with Crippen LogP contribution in [0.3, 0.4) is 0 Å². The van der Waals surface area contributed by atoms with Gasteiger partial charge >= 0.3 is 12.4 Å². The minimum Gasteiger partial charge on any atom is -0.372 e. The molecule has 0 fully saturated rings. The van der Waals surface area contributed by atoms with Gasteiger partial charge in [0.1, 0.15) is 0 Å². The summed E-state index contributed by atoms with van der Waals surface area (Å²) in [7, 11) is 1.54. The number of fused-ring (bicyclic) bond motifs is 2. The molecule has 0 bridgehead atoms. The Balaban J connectivity index is 0.00000384. The first-order chi connectivity index (χ1) is 20.5. The number of hydrogen-bond donors (Lipinski definition) is 0. The van der Waals surface area contributed by atoms with Crippen molar-refractivity contribution in [2.45, 2.75) is 57.5 Å². The number of tetrazole rings is 1. The van der Waals surface area contributed by atoms with Gasteiger partial charge in [0.2, 0.25) is 0 Å². The van der Waals surface area contributed by atoms with Crippen LogP contribution < -0.4 is 9.80 Å². The van der Waals surface area contributed by atoms with Crippen LogP contribution in [0.5, 0.6) is 0 Å². The first-order valence-electron chi connectivity index (χ1n) is 13.6. The maximum atomic E-state index is 13.7. The molecular formula is C29H28ClF6N7O. The molecule has 0 radical (unpaired) electrons. The molecule has 0 amide bonds. The number of nitrogens with zero attached hydrogens (tertiary/aromatic N) is 7. The van der Waals surface area contributed by atoms with Crippen LogP contribution in [0.1, 0.15) is 57.8 Å². The number of halogens is 7. The molecule has 2 aliphatic heterocycles. The smallest absolute Gasteiger partial charge is 0.372 e. The van der Waals surface area contributed by atoms with Crippen LogP contribution in [0.2, 0.25) is 0 Å². The van der Waals surface area contributed by atoms with Gasteiger partial charge < -0.3 is 14.5 Å². The fourth-order valence-corrected chi connectivity index (χ4v) is 5.74. The van der Waals surface area contributed by atoms with Gasteiger partial charge in [-0.3, -0.25) is 4.98 Å². The average molecular weight is 640 g/mol. The van der Waals surface area contributed by atoms with E-state index in [0.717, 1.165) is 40.1 Å². The number of hydrogen-bond acceptors (Lipinski definition) is 7. The van der Waals surface area contributed by atoms with Gasteiger partial charge in [-0.2, -0.15) is 31.1 Å². The highest BCUT2D eigenvalue weighted by Gasteiger charge is 2.38. The average Bonchev–Trinajstić information content (AvgIpc) is 3.57. The van der Waals surface area contributed by atoms with Gasteiger partial charge in [0, 0.05) is 37.7 Å². The first-order valence-corrected chi connectivity index (χ1v) is 13.6. The molecule has 8 nitrogen and oxygen atoms in total. The molecule has 15 heteroatoms. The predicted octanol–water partition coefficient (Wildman–Crippen LogP) is 6.64. The zero-order valence-corrected chi connectivity index (χ0v) is 24.3. The molecule has 44 heavy (non-hydrogen) atoms. The molecule has 234 valence electrons. The van der Waals surface area contributed by atoms with Crippen molar-refractivity contribution >= 4 is 24.0 Å². The summed E-state index contributed by atoms with van der Waals surface area (Å²) in [5, 5.41) is 12.4. The lowest BCUT2D eigenvalue weighted by molar-refractivity contribution is -0.143. The lowest BCUT2D eigenvalue weighted by Crippen LogP contribution is -2.30. The molecular weight excluding hydrogens is 612 g/mol. The zero-order valence-electron chi connectivity index (χ0n) is 23.4. The molecule has 2 aliphatic rings. The third kappa shape index (κ3) is 6.60. The molecule has 0 aliphatic carbocycles. The van der Waals surface area contributed by atoms with Crippen LogP contribution in [-0.2, 0) is 50.4 Å². The van der Waals surface area contributed by atoms with E-state index in [0.29, 0.717) is 39.1 Å². The van der Waals surface area contributed by atoms with Crippen LogP contribution >= 0.6 is 12.4 Å². The molecule has 4 heterocycles. The minimum atomic E-state index is -4.96. The summed E-state index contributed by atoms with van der Waals surface area (Å²) in [6.07, 6.45) is -5.25. The Bertz CT molecular complexity index is 1580. The largest absolute Gasteiger partial charge is 0.416 e. The Hall–Kier alpha value is -3.91. The second-order valence-electron chi connectivity index (χ2n) is 10.7. The van der Waals surface area contributed by atoms with Gasteiger partial charge in [0.25, 0.3) is 5.95 Å². The summed E-state index contributed by atoms with van der Waals surface area (Å²) < 4.78 is 88.0. The maximum Gasteiger partial charge on any atom is 0.416 e. The maximum absolute atomic E-state index is 13.7. The fourth-order valence-electron chi connectivity index (χ4n) is 5.74. The Kier molecular flexibility index (Phi) is 8.76. The highest BCUT2D eigenvalue weighted by molar-refractivity contribution is 5.85. The van der Waals surface area contributed by atoms with E-state index in [1.807, 2.05) is 18.2 Å². The van der Waals surface area contributed by atoms with Crippen molar-refractivity contribution in [1.29, 1.82) is 0 Å². The Morgan fingerprint density at radius 2 is 1.57 bits per heavy atom. The monoisotopic (exact) mass is 639 g/mol. The van der Waals surface area contributed by atoms with Crippen molar-refractivity contribution < 1.29 is 31.1 Å². The van der Waals surface area contributed by atoms with Crippen molar-refractivity contribution in [1.82, 2.24) is 25.2 Å². The van der Waals surface area contributed by atoms with Gasteiger partial charge in [-0.15, -0.1) is 17.5 Å². The summed E-state index contributed by atoms with van der Waals surface area (Å²) in [6.45, 7) is 1.82. The second-order valence-corrected chi connectivity index (χ2v) is 10.7. The highest BCUT2D eigenvalue weighted by atomic mass is 35.5. The van der Waals surface area contributed by atoms with Crippen LogP contribution in [0.4, 0.5) is 38.0 Å². The van der Waals surface area contributed by atoms with Crippen molar-refractivity contribution in [3.63, 3.8) is 0 Å². The van der Waals surface area contributed by atoms with Crippen molar-refractivity contribution in [2.75, 3.05) is 16.3 Å². The topological polar surface area (TPSA) is 72.2 Å². The van der Waals surface area contributed by atoms with Crippen LogP contribution in [0.15, 0.2) is 54.9 Å². The van der Waals surface area contributed by atoms with Crippen molar-refractivity contribution in [3.8, 4) is 0 Å². The molecule has 1 atom stereocenters. The Morgan fingerprint density at radius 3 is 2.18 bits per heavy atom. The van der Waals surface area contributed by atoms with E-state index in [9.17, 15) is 26.3 Å². The van der Waals surface area contributed by atoms with Gasteiger partial charge in [-0.05, 0) is 88.3 Å². The number of ether oxygens (including phenoxy) is 1. The van der Waals surface area contributed by atoms with Crippen LogP contribution in [0, 0.1) is 0 Å². The molecule has 2 aromatic carbocycles. The van der Waals surface area contributed by atoms with Gasteiger partial charge in [-0.1, -0.05) is 5.10 Å². The summed E-state index contributed by atoms with van der Waals surface area (Å²) >= 11 is 0. The predicted molar refractivity (Wildman–Crippen MR) is 151 cm³/mol.